The number of benzene rings is 1. The Bertz CT molecular complexity index is 1600. The first-order valence-electron chi connectivity index (χ1n) is 12.6. The molecule has 2 aliphatic rings. The molecule has 1 saturated carbocycles. The van der Waals surface area contributed by atoms with Crippen molar-refractivity contribution in [2.45, 2.75) is 56.0 Å². The van der Waals surface area contributed by atoms with Crippen LogP contribution < -0.4 is 14.8 Å². The van der Waals surface area contributed by atoms with Gasteiger partial charge in [-0.2, -0.15) is 0 Å². The van der Waals surface area contributed by atoms with E-state index in [0.717, 1.165) is 24.8 Å². The van der Waals surface area contributed by atoms with Crippen molar-refractivity contribution in [2.75, 3.05) is 12.8 Å². The molecule has 2 atom stereocenters. The first-order chi connectivity index (χ1) is 17.9. The highest BCUT2D eigenvalue weighted by atomic mass is 32.2. The Morgan fingerprint density at radius 2 is 1.84 bits per heavy atom. The molecule has 1 fully saturated rings. The second kappa shape index (κ2) is 9.99. The summed E-state index contributed by atoms with van der Waals surface area (Å²) >= 11 is 0. The van der Waals surface area contributed by atoms with E-state index < -0.39 is 38.0 Å². The van der Waals surface area contributed by atoms with Crippen LogP contribution in [0.15, 0.2) is 47.8 Å². The Balaban J connectivity index is 1.68. The maximum absolute atomic E-state index is 13.6. The van der Waals surface area contributed by atoms with Crippen molar-refractivity contribution in [3.05, 3.63) is 65.2 Å². The van der Waals surface area contributed by atoms with Gasteiger partial charge in [0.25, 0.3) is 5.91 Å². The summed E-state index contributed by atoms with van der Waals surface area (Å²) in [5.74, 6) is 0.00556. The Hall–Kier alpha value is -2.93. The quantitative estimate of drug-likeness (QED) is 0.366. The van der Waals surface area contributed by atoms with E-state index in [4.69, 9.17) is 0 Å². The number of fused-ring (bicyclic) bond motifs is 3. The third-order valence-corrected chi connectivity index (χ3v) is 9.00. The van der Waals surface area contributed by atoms with Crippen LogP contribution in [0.3, 0.4) is 0 Å². The Labute approximate surface area is 222 Å². The van der Waals surface area contributed by atoms with Gasteiger partial charge in [-0.1, -0.05) is 13.8 Å². The Morgan fingerprint density at radius 3 is 2.47 bits per heavy atom. The lowest BCUT2D eigenvalue weighted by Gasteiger charge is -2.19. The summed E-state index contributed by atoms with van der Waals surface area (Å²) in [6.07, 6.45) is 7.93. The molecular weight excluding hydrogens is 526 g/mol. The molecule has 202 valence electrons. The smallest absolute Gasteiger partial charge is 0.253 e. The number of hydrogen-bond acceptors (Lipinski definition) is 7. The predicted octanol–water partition coefficient (Wildman–Crippen LogP) is 2.91. The van der Waals surface area contributed by atoms with Crippen molar-refractivity contribution < 1.29 is 21.6 Å². The number of sulfonamides is 2. The van der Waals surface area contributed by atoms with E-state index >= 15 is 0 Å². The third-order valence-electron chi connectivity index (χ3n) is 6.83. The van der Waals surface area contributed by atoms with Gasteiger partial charge in [0.1, 0.15) is 0 Å². The molecular formula is C26H31N5O5S2. The van der Waals surface area contributed by atoms with Crippen molar-refractivity contribution in [1.82, 2.24) is 24.7 Å². The van der Waals surface area contributed by atoms with Crippen LogP contribution >= 0.6 is 0 Å². The summed E-state index contributed by atoms with van der Waals surface area (Å²) in [6, 6.07) is 5.36. The first kappa shape index (κ1) is 26.7. The van der Waals surface area contributed by atoms with Gasteiger partial charge in [0.2, 0.25) is 20.0 Å². The highest BCUT2D eigenvalue weighted by molar-refractivity contribution is 7.89. The number of amides is 1. The molecule has 2 unspecified atom stereocenters. The van der Waals surface area contributed by atoms with Gasteiger partial charge in [0.05, 0.1) is 22.8 Å². The van der Waals surface area contributed by atoms with Gasteiger partial charge in [-0.25, -0.2) is 26.3 Å². The second-order valence-electron chi connectivity index (χ2n) is 10.5. The predicted molar refractivity (Wildman–Crippen MR) is 144 cm³/mol. The van der Waals surface area contributed by atoms with Crippen molar-refractivity contribution >= 4 is 36.7 Å². The summed E-state index contributed by atoms with van der Waals surface area (Å²) in [5.41, 5.74) is 2.34. The van der Waals surface area contributed by atoms with E-state index in [0.29, 0.717) is 33.4 Å². The Kier molecular flexibility index (Phi) is 7.01. The van der Waals surface area contributed by atoms with Crippen LogP contribution in [0.5, 0.6) is 0 Å². The third kappa shape index (κ3) is 5.58. The maximum atomic E-state index is 13.6. The fourth-order valence-corrected chi connectivity index (χ4v) is 7.10. The molecule has 2 heterocycles. The molecule has 38 heavy (non-hydrogen) atoms. The highest BCUT2D eigenvalue weighted by Crippen LogP contribution is 2.47. The number of nitrogens with one attached hydrogen (secondary N) is 3. The minimum Gasteiger partial charge on any atom is -0.345 e. The van der Waals surface area contributed by atoms with Crippen LogP contribution in [0.2, 0.25) is 0 Å². The number of rotatable bonds is 9. The molecule has 2 aliphatic carbocycles. The van der Waals surface area contributed by atoms with E-state index in [2.05, 4.69) is 24.7 Å². The molecule has 3 aromatic rings. The zero-order valence-corrected chi connectivity index (χ0v) is 23.1. The van der Waals surface area contributed by atoms with Gasteiger partial charge in [-0.05, 0) is 60.6 Å². The lowest BCUT2D eigenvalue weighted by molar-refractivity contribution is 0.0935. The molecule has 12 heteroatoms. The van der Waals surface area contributed by atoms with E-state index in [9.17, 15) is 21.6 Å². The summed E-state index contributed by atoms with van der Waals surface area (Å²) in [4.78, 5) is 21.7. The van der Waals surface area contributed by atoms with Crippen LogP contribution in [0.4, 0.5) is 0 Å². The number of carbonyl (C=O) groups excluding carboxylic acids is 1. The Morgan fingerprint density at radius 1 is 1.08 bits per heavy atom. The lowest BCUT2D eigenvalue weighted by atomic mass is 9.99. The zero-order valence-electron chi connectivity index (χ0n) is 21.4. The normalized spacial score (nSPS) is 19.6. The van der Waals surface area contributed by atoms with E-state index in [1.807, 2.05) is 19.9 Å². The van der Waals surface area contributed by atoms with Crippen molar-refractivity contribution in [3.63, 3.8) is 0 Å². The average molecular weight is 558 g/mol. The first-order valence-corrected chi connectivity index (χ1v) is 15.9. The fourth-order valence-electron chi connectivity index (χ4n) is 4.92. The molecule has 1 aromatic carbocycles. The summed E-state index contributed by atoms with van der Waals surface area (Å²) in [7, 11) is -7.54. The molecule has 0 radical (unpaired) electrons. The summed E-state index contributed by atoms with van der Waals surface area (Å²) in [6.45, 7) is 4.11. The number of aromatic nitrogens is 2. The van der Waals surface area contributed by atoms with Gasteiger partial charge in [-0.3, -0.25) is 14.8 Å². The number of pyridine rings is 2. The van der Waals surface area contributed by atoms with E-state index in [1.54, 1.807) is 30.6 Å². The minimum absolute atomic E-state index is 0.0943. The minimum atomic E-state index is -3.92. The van der Waals surface area contributed by atoms with Gasteiger partial charge in [0, 0.05) is 53.6 Å². The molecule has 0 saturated heterocycles. The highest BCUT2D eigenvalue weighted by Gasteiger charge is 2.38. The lowest BCUT2D eigenvalue weighted by Crippen LogP contribution is -2.30. The van der Waals surface area contributed by atoms with Crippen LogP contribution in [0.1, 0.15) is 78.3 Å². The molecule has 3 N–H and O–H groups in total. The second-order valence-corrected chi connectivity index (χ2v) is 14.0. The number of nitrogens with zero attached hydrogens (tertiary/aromatic N) is 2. The van der Waals surface area contributed by atoms with Gasteiger partial charge in [0.15, 0.2) is 0 Å². The average Bonchev–Trinajstić information content (AvgIpc) is 3.66. The van der Waals surface area contributed by atoms with Crippen molar-refractivity contribution in [1.29, 1.82) is 0 Å². The molecule has 0 aliphatic heterocycles. The summed E-state index contributed by atoms with van der Waals surface area (Å²) in [5, 5.41) is 4.00. The van der Waals surface area contributed by atoms with Crippen LogP contribution in [-0.4, -0.2) is 45.5 Å². The molecule has 2 aromatic heterocycles. The largest absolute Gasteiger partial charge is 0.345 e. The fraction of sp³-hybridized carbons (Fsp3) is 0.423. The van der Waals surface area contributed by atoms with Crippen molar-refractivity contribution in [3.8, 4) is 0 Å². The molecule has 1 amide bonds. The van der Waals surface area contributed by atoms with Gasteiger partial charge >= 0.3 is 0 Å². The number of carbonyl (C=O) groups is 1. The van der Waals surface area contributed by atoms with Gasteiger partial charge < -0.3 is 5.32 Å². The molecule has 0 spiro atoms. The molecule has 10 nitrogen and oxygen atoms in total. The summed E-state index contributed by atoms with van der Waals surface area (Å²) < 4.78 is 57.1. The van der Waals surface area contributed by atoms with Crippen molar-refractivity contribution in [2.24, 2.45) is 5.92 Å². The van der Waals surface area contributed by atoms with E-state index in [1.165, 1.54) is 6.20 Å². The van der Waals surface area contributed by atoms with Crippen LogP contribution in [-0.2, 0) is 20.0 Å². The molecule has 5 rings (SSSR count). The topological polar surface area (TPSA) is 147 Å². The SMILES string of the molecule is CC(C)CNS(=O)(=O)c1cc2c(c3cnc(C4CC4)cc13)C(NS(C)(=O)=O)CC2NC(=O)c1cccnc1. The zero-order chi connectivity index (χ0) is 27.2. The monoisotopic (exact) mass is 557 g/mol. The van der Waals surface area contributed by atoms with Gasteiger partial charge in [-0.15, -0.1) is 0 Å². The molecule has 0 bridgehead atoms. The standard InChI is InChI=1S/C26H31N5O5S2/c1-15(2)12-29-38(35,36)24-10-19-22(30-26(32)17-5-4-8-27-13-17)11-23(31-37(3,33)34)25(19)20-14-28-21(9-18(20)24)16-6-7-16/h4-5,8-10,13-16,22-23,29,31H,6-7,11-12H2,1-3H3,(H,30,32). The van der Waals surface area contributed by atoms with E-state index in [-0.39, 0.29) is 23.8 Å². The van der Waals surface area contributed by atoms with Crippen LogP contribution in [0.25, 0.3) is 10.8 Å². The number of hydrogen-bond donors (Lipinski definition) is 3. The maximum Gasteiger partial charge on any atom is 0.253 e. The van der Waals surface area contributed by atoms with Crippen LogP contribution in [0, 0.1) is 5.92 Å².